The molecular weight excluding hydrogens is 380 g/mol. The zero-order valence-corrected chi connectivity index (χ0v) is 14.9. The van der Waals surface area contributed by atoms with Gasteiger partial charge in [0, 0.05) is 12.1 Å². The second kappa shape index (κ2) is 9.39. The summed E-state index contributed by atoms with van der Waals surface area (Å²) in [6, 6.07) is 10.3. The van der Waals surface area contributed by atoms with E-state index < -0.39 is 30.0 Å². The highest BCUT2D eigenvalue weighted by atomic mass is 35.5. The Kier molecular flexibility index (Phi) is 6.95. The molecule has 0 heterocycles. The van der Waals surface area contributed by atoms with Crippen molar-refractivity contribution in [2.75, 3.05) is 25.6 Å². The van der Waals surface area contributed by atoms with Gasteiger partial charge in [-0.15, -0.1) is 0 Å². The summed E-state index contributed by atoms with van der Waals surface area (Å²) in [6.07, 6.45) is 0. The number of benzene rings is 2. The van der Waals surface area contributed by atoms with Gasteiger partial charge in [-0.05, 0) is 18.2 Å². The number of halogens is 1. The number of rotatable bonds is 8. The van der Waals surface area contributed by atoms with E-state index in [2.05, 4.69) is 5.32 Å². The molecule has 2 aromatic carbocycles. The van der Waals surface area contributed by atoms with Crippen LogP contribution in [-0.4, -0.2) is 37.1 Å². The largest absolute Gasteiger partial charge is 0.493 e. The molecule has 1 amide bonds. The number of methoxy groups -OCH3 is 1. The van der Waals surface area contributed by atoms with Crippen molar-refractivity contribution in [1.29, 1.82) is 0 Å². The van der Waals surface area contributed by atoms with Crippen LogP contribution in [0.15, 0.2) is 42.5 Å². The van der Waals surface area contributed by atoms with Gasteiger partial charge in [-0.25, -0.2) is 4.79 Å². The van der Waals surface area contributed by atoms with Crippen molar-refractivity contribution in [2.24, 2.45) is 0 Å². The van der Waals surface area contributed by atoms with Crippen molar-refractivity contribution in [1.82, 2.24) is 0 Å². The van der Waals surface area contributed by atoms with Crippen LogP contribution in [0.1, 0.15) is 0 Å². The number of anilines is 1. The molecule has 0 radical (unpaired) electrons. The van der Waals surface area contributed by atoms with Gasteiger partial charge in [-0.1, -0.05) is 23.7 Å². The first kappa shape index (κ1) is 20.0. The Hall–Kier alpha value is -3.33. The number of nitro groups is 1. The third kappa shape index (κ3) is 5.86. The molecule has 1 N–H and O–H groups in total. The Morgan fingerprint density at radius 3 is 2.48 bits per heavy atom. The van der Waals surface area contributed by atoms with Crippen LogP contribution in [0, 0.1) is 10.1 Å². The van der Waals surface area contributed by atoms with Crippen molar-refractivity contribution in [3.05, 3.63) is 57.6 Å². The monoisotopic (exact) mass is 394 g/mol. The fourth-order valence-corrected chi connectivity index (χ4v) is 2.19. The van der Waals surface area contributed by atoms with E-state index in [0.717, 1.165) is 6.07 Å². The molecule has 2 rings (SSSR count). The predicted octanol–water partition coefficient (Wildman–Crippen LogP) is 2.82. The number of hydrogen-bond donors (Lipinski definition) is 1. The van der Waals surface area contributed by atoms with Gasteiger partial charge in [0.05, 0.1) is 22.7 Å². The smallest absolute Gasteiger partial charge is 0.344 e. The number of esters is 1. The molecule has 0 aliphatic heterocycles. The molecule has 0 aliphatic carbocycles. The number of ether oxygens (including phenoxy) is 3. The molecule has 27 heavy (non-hydrogen) atoms. The summed E-state index contributed by atoms with van der Waals surface area (Å²) in [5, 5.41) is 13.0. The Labute approximate surface area is 158 Å². The van der Waals surface area contributed by atoms with Crippen LogP contribution in [0.25, 0.3) is 0 Å². The SMILES string of the molecule is COc1ccccc1OCC(=O)OCC(=O)Nc1ccc([N+](=O)[O-])cc1Cl. The van der Waals surface area contributed by atoms with E-state index in [4.69, 9.17) is 25.8 Å². The maximum absolute atomic E-state index is 11.8. The second-order valence-electron chi connectivity index (χ2n) is 5.07. The molecule has 0 atom stereocenters. The first-order chi connectivity index (χ1) is 12.9. The molecule has 0 unspecified atom stereocenters. The topological polar surface area (TPSA) is 117 Å². The number of nitro benzene ring substituents is 1. The number of carbonyl (C=O) groups is 2. The predicted molar refractivity (Wildman–Crippen MR) is 96.2 cm³/mol. The molecule has 0 saturated carbocycles. The third-order valence-electron chi connectivity index (χ3n) is 3.22. The maximum atomic E-state index is 11.8. The molecule has 0 aromatic heterocycles. The lowest BCUT2D eigenvalue weighted by atomic mass is 10.3. The van der Waals surface area contributed by atoms with Crippen molar-refractivity contribution in [3.63, 3.8) is 0 Å². The average molecular weight is 395 g/mol. The molecule has 0 spiro atoms. The lowest BCUT2D eigenvalue weighted by Gasteiger charge is -2.10. The van der Waals surface area contributed by atoms with Crippen molar-refractivity contribution in [3.8, 4) is 11.5 Å². The number of non-ortho nitro benzene ring substituents is 1. The summed E-state index contributed by atoms with van der Waals surface area (Å²) in [5.74, 6) is -0.600. The number of para-hydroxylation sites is 2. The highest BCUT2D eigenvalue weighted by Gasteiger charge is 2.14. The first-order valence-corrected chi connectivity index (χ1v) is 7.93. The molecule has 0 bridgehead atoms. The van der Waals surface area contributed by atoms with Crippen LogP contribution in [0.5, 0.6) is 11.5 Å². The Bertz CT molecular complexity index is 857. The van der Waals surface area contributed by atoms with Gasteiger partial charge in [-0.3, -0.25) is 14.9 Å². The van der Waals surface area contributed by atoms with Gasteiger partial charge in [0.25, 0.3) is 11.6 Å². The van der Waals surface area contributed by atoms with Gasteiger partial charge in [0.15, 0.2) is 24.7 Å². The highest BCUT2D eigenvalue weighted by molar-refractivity contribution is 6.34. The van der Waals surface area contributed by atoms with Crippen LogP contribution in [0.2, 0.25) is 5.02 Å². The van der Waals surface area contributed by atoms with Gasteiger partial charge >= 0.3 is 5.97 Å². The molecular formula is C17H15ClN2O7. The third-order valence-corrected chi connectivity index (χ3v) is 3.53. The van der Waals surface area contributed by atoms with Crippen LogP contribution < -0.4 is 14.8 Å². The molecule has 2 aromatic rings. The van der Waals surface area contributed by atoms with E-state index in [-0.39, 0.29) is 16.4 Å². The molecule has 10 heteroatoms. The van der Waals surface area contributed by atoms with Crippen LogP contribution >= 0.6 is 11.6 Å². The van der Waals surface area contributed by atoms with Crippen molar-refractivity contribution >= 4 is 34.9 Å². The first-order valence-electron chi connectivity index (χ1n) is 7.56. The molecule has 0 fully saturated rings. The quantitative estimate of drug-likeness (QED) is 0.415. The minimum Gasteiger partial charge on any atom is -0.493 e. The lowest BCUT2D eigenvalue weighted by Crippen LogP contribution is -2.23. The zero-order valence-electron chi connectivity index (χ0n) is 14.1. The normalized spacial score (nSPS) is 10.0. The van der Waals surface area contributed by atoms with E-state index in [1.807, 2.05) is 0 Å². The zero-order chi connectivity index (χ0) is 19.8. The lowest BCUT2D eigenvalue weighted by molar-refractivity contribution is -0.384. The second-order valence-corrected chi connectivity index (χ2v) is 5.48. The van der Waals surface area contributed by atoms with Crippen molar-refractivity contribution in [2.45, 2.75) is 0 Å². The Morgan fingerprint density at radius 1 is 1.15 bits per heavy atom. The highest BCUT2D eigenvalue weighted by Crippen LogP contribution is 2.27. The fourth-order valence-electron chi connectivity index (χ4n) is 1.97. The van der Waals surface area contributed by atoms with E-state index in [9.17, 15) is 19.7 Å². The maximum Gasteiger partial charge on any atom is 0.344 e. The molecule has 9 nitrogen and oxygen atoms in total. The summed E-state index contributed by atoms with van der Waals surface area (Å²) in [6.45, 7) is -0.979. The standard InChI is InChI=1S/C17H15ClN2O7/c1-25-14-4-2-3-5-15(14)26-10-17(22)27-9-16(21)19-13-7-6-11(20(23)24)8-12(13)18/h2-8H,9-10H2,1H3,(H,19,21). The van der Waals surface area contributed by atoms with E-state index >= 15 is 0 Å². The van der Waals surface area contributed by atoms with Crippen molar-refractivity contribution < 1.29 is 28.7 Å². The summed E-state index contributed by atoms with van der Waals surface area (Å²) in [4.78, 5) is 33.6. The minimum absolute atomic E-state index is 0.0108. The van der Waals surface area contributed by atoms with E-state index in [0.29, 0.717) is 11.5 Å². The number of carbonyl (C=O) groups excluding carboxylic acids is 2. The van der Waals surface area contributed by atoms with E-state index in [1.54, 1.807) is 24.3 Å². The van der Waals surface area contributed by atoms with Crippen LogP contribution in [-0.2, 0) is 14.3 Å². The number of amides is 1. The molecule has 142 valence electrons. The number of hydrogen-bond acceptors (Lipinski definition) is 7. The Balaban J connectivity index is 1.81. The summed E-state index contributed by atoms with van der Waals surface area (Å²) in [5.41, 5.74) is -0.0495. The van der Waals surface area contributed by atoms with Gasteiger partial charge < -0.3 is 19.5 Å². The van der Waals surface area contributed by atoms with Gasteiger partial charge in [0.2, 0.25) is 0 Å². The van der Waals surface area contributed by atoms with E-state index in [1.165, 1.54) is 19.2 Å². The summed E-state index contributed by atoms with van der Waals surface area (Å²) < 4.78 is 15.2. The number of nitrogens with one attached hydrogen (secondary N) is 1. The summed E-state index contributed by atoms with van der Waals surface area (Å²) in [7, 11) is 1.47. The van der Waals surface area contributed by atoms with Crippen LogP contribution in [0.4, 0.5) is 11.4 Å². The van der Waals surface area contributed by atoms with Gasteiger partial charge in [0.1, 0.15) is 0 Å². The fraction of sp³-hybridized carbons (Fsp3) is 0.176. The van der Waals surface area contributed by atoms with Gasteiger partial charge in [-0.2, -0.15) is 0 Å². The molecule has 0 aliphatic rings. The average Bonchev–Trinajstić information content (AvgIpc) is 2.66. The molecule has 0 saturated heterocycles. The Morgan fingerprint density at radius 2 is 1.85 bits per heavy atom. The summed E-state index contributed by atoms with van der Waals surface area (Å²) >= 11 is 5.87. The number of nitrogens with zero attached hydrogens (tertiary/aromatic N) is 1. The minimum atomic E-state index is -0.758. The van der Waals surface area contributed by atoms with Crippen LogP contribution in [0.3, 0.4) is 0 Å².